The first-order valence-electron chi connectivity index (χ1n) is 8.81. The SMILES string of the molecule is COc1ccc(-c2csc(N3N=C(C)[C@@H](N=Nc4ccc(Cl)cc4Cl)C3=O)n2)cc1. The zero-order valence-electron chi connectivity index (χ0n) is 15.9. The van der Waals surface area contributed by atoms with Crippen LogP contribution in [0.25, 0.3) is 11.3 Å². The van der Waals surface area contributed by atoms with E-state index < -0.39 is 6.04 Å². The molecule has 0 aliphatic carbocycles. The maximum Gasteiger partial charge on any atom is 0.282 e. The maximum absolute atomic E-state index is 12.9. The first-order chi connectivity index (χ1) is 14.5. The van der Waals surface area contributed by atoms with E-state index in [2.05, 4.69) is 20.3 Å². The van der Waals surface area contributed by atoms with Gasteiger partial charge in [0, 0.05) is 16.0 Å². The molecule has 1 aliphatic heterocycles. The van der Waals surface area contributed by atoms with Crippen molar-refractivity contribution in [2.45, 2.75) is 13.0 Å². The zero-order chi connectivity index (χ0) is 21.3. The molecule has 152 valence electrons. The lowest BCUT2D eigenvalue weighted by Crippen LogP contribution is -2.29. The van der Waals surface area contributed by atoms with Crippen molar-refractivity contribution in [3.8, 4) is 17.0 Å². The van der Waals surface area contributed by atoms with Crippen molar-refractivity contribution in [2.24, 2.45) is 15.3 Å². The third-order valence-electron chi connectivity index (χ3n) is 4.35. The Hall–Kier alpha value is -2.81. The Morgan fingerprint density at radius 2 is 1.93 bits per heavy atom. The van der Waals surface area contributed by atoms with Crippen LogP contribution in [0.4, 0.5) is 10.8 Å². The molecule has 0 saturated carbocycles. The van der Waals surface area contributed by atoms with Crippen LogP contribution in [-0.2, 0) is 4.79 Å². The maximum atomic E-state index is 12.9. The number of anilines is 1. The van der Waals surface area contributed by atoms with Gasteiger partial charge in [-0.15, -0.1) is 11.3 Å². The molecule has 0 fully saturated rings. The molecule has 0 N–H and O–H groups in total. The van der Waals surface area contributed by atoms with E-state index >= 15 is 0 Å². The van der Waals surface area contributed by atoms with Crippen LogP contribution in [0.5, 0.6) is 5.75 Å². The van der Waals surface area contributed by atoms with Crippen molar-refractivity contribution in [3.05, 3.63) is 57.9 Å². The van der Waals surface area contributed by atoms with Gasteiger partial charge in [0.05, 0.1) is 23.5 Å². The lowest BCUT2D eigenvalue weighted by atomic mass is 10.2. The lowest BCUT2D eigenvalue weighted by molar-refractivity contribution is -0.117. The summed E-state index contributed by atoms with van der Waals surface area (Å²) in [5, 5.41) is 17.0. The molecule has 7 nitrogen and oxygen atoms in total. The Labute approximate surface area is 186 Å². The standard InChI is InChI=1S/C20H15Cl2N5O2S/c1-11-18(25-24-16-8-5-13(21)9-15(16)22)19(28)27(26-11)20-23-17(10-30-20)12-3-6-14(29-2)7-4-12/h3-10,18H,1-2H3/t18-/m1/s1. The quantitative estimate of drug-likeness (QED) is 0.438. The Balaban J connectivity index is 1.53. The number of carbonyl (C=O) groups excluding carboxylic acids is 1. The first kappa shape index (κ1) is 20.5. The molecule has 10 heteroatoms. The van der Waals surface area contributed by atoms with E-state index in [1.54, 1.807) is 32.2 Å². The normalized spacial score (nSPS) is 16.4. The summed E-state index contributed by atoms with van der Waals surface area (Å²) in [6, 6.07) is 11.6. The molecule has 0 radical (unpaired) electrons. The van der Waals surface area contributed by atoms with Crippen LogP contribution in [0.3, 0.4) is 0 Å². The molecule has 3 aromatic rings. The van der Waals surface area contributed by atoms with Gasteiger partial charge in [0.1, 0.15) is 11.4 Å². The summed E-state index contributed by atoms with van der Waals surface area (Å²) in [4.78, 5) is 17.4. The number of nitrogens with zero attached hydrogens (tertiary/aromatic N) is 5. The number of hydrogen-bond donors (Lipinski definition) is 0. The molecule has 2 heterocycles. The Morgan fingerprint density at radius 3 is 2.63 bits per heavy atom. The van der Waals surface area contributed by atoms with Gasteiger partial charge in [-0.1, -0.05) is 23.2 Å². The number of amides is 1. The Kier molecular flexibility index (Phi) is 5.80. The van der Waals surface area contributed by atoms with Gasteiger partial charge in [-0.25, -0.2) is 4.98 Å². The van der Waals surface area contributed by atoms with Crippen molar-refractivity contribution < 1.29 is 9.53 Å². The fraction of sp³-hybridized carbons (Fsp3) is 0.150. The van der Waals surface area contributed by atoms with Gasteiger partial charge in [-0.3, -0.25) is 4.79 Å². The van der Waals surface area contributed by atoms with Gasteiger partial charge in [0.2, 0.25) is 5.13 Å². The van der Waals surface area contributed by atoms with Gasteiger partial charge < -0.3 is 4.74 Å². The Morgan fingerprint density at radius 1 is 1.17 bits per heavy atom. The lowest BCUT2D eigenvalue weighted by Gasteiger charge is -2.08. The number of thiazole rings is 1. The molecule has 30 heavy (non-hydrogen) atoms. The minimum absolute atomic E-state index is 0.322. The van der Waals surface area contributed by atoms with E-state index in [9.17, 15) is 4.79 Å². The molecule has 0 saturated heterocycles. The zero-order valence-corrected chi connectivity index (χ0v) is 18.2. The average Bonchev–Trinajstić information content (AvgIpc) is 3.33. The van der Waals surface area contributed by atoms with Gasteiger partial charge in [-0.2, -0.15) is 20.3 Å². The second-order valence-corrected chi connectivity index (χ2v) is 8.03. The third-order valence-corrected chi connectivity index (χ3v) is 5.70. The largest absolute Gasteiger partial charge is 0.497 e. The number of aromatic nitrogens is 1. The third kappa shape index (κ3) is 4.07. The smallest absolute Gasteiger partial charge is 0.282 e. The van der Waals surface area contributed by atoms with Crippen LogP contribution in [0.1, 0.15) is 6.92 Å². The summed E-state index contributed by atoms with van der Waals surface area (Å²) in [5.41, 5.74) is 2.61. The van der Waals surface area contributed by atoms with E-state index in [4.69, 9.17) is 27.9 Å². The molecule has 0 unspecified atom stereocenters. The monoisotopic (exact) mass is 459 g/mol. The molecular weight excluding hydrogens is 445 g/mol. The number of ether oxygens (including phenoxy) is 1. The molecule has 1 aliphatic rings. The average molecular weight is 460 g/mol. The molecule has 1 amide bonds. The van der Waals surface area contributed by atoms with Crippen molar-refractivity contribution in [2.75, 3.05) is 12.1 Å². The van der Waals surface area contributed by atoms with Crippen LogP contribution in [-0.4, -0.2) is 29.8 Å². The topological polar surface area (TPSA) is 79.5 Å². The van der Waals surface area contributed by atoms with Crippen LogP contribution in [0.2, 0.25) is 10.0 Å². The van der Waals surface area contributed by atoms with Crippen LogP contribution >= 0.6 is 34.5 Å². The molecular formula is C20H15Cl2N5O2S. The number of hydrogen-bond acceptors (Lipinski definition) is 7. The summed E-state index contributed by atoms with van der Waals surface area (Å²) in [6.07, 6.45) is 0. The first-order valence-corrected chi connectivity index (χ1v) is 10.4. The van der Waals surface area contributed by atoms with Crippen molar-refractivity contribution >= 4 is 57.0 Å². The summed E-state index contributed by atoms with van der Waals surface area (Å²) in [7, 11) is 1.61. The van der Waals surface area contributed by atoms with Crippen molar-refractivity contribution in [1.29, 1.82) is 0 Å². The summed E-state index contributed by atoms with van der Waals surface area (Å²) < 4.78 is 5.17. The summed E-state index contributed by atoms with van der Waals surface area (Å²) >= 11 is 13.3. The highest BCUT2D eigenvalue weighted by molar-refractivity contribution is 7.14. The second-order valence-electron chi connectivity index (χ2n) is 6.35. The van der Waals surface area contributed by atoms with Gasteiger partial charge >= 0.3 is 0 Å². The number of hydrazone groups is 1. The van der Waals surface area contributed by atoms with E-state index in [1.807, 2.05) is 29.6 Å². The number of azo groups is 1. The molecule has 2 aromatic carbocycles. The number of methoxy groups -OCH3 is 1. The van der Waals surface area contributed by atoms with Gasteiger partial charge in [-0.05, 0) is 49.4 Å². The fourth-order valence-corrected chi connectivity index (χ4v) is 4.00. The second kappa shape index (κ2) is 8.51. The molecule has 1 atom stereocenters. The highest BCUT2D eigenvalue weighted by Crippen LogP contribution is 2.32. The molecule has 4 rings (SSSR count). The molecule has 0 spiro atoms. The van der Waals surface area contributed by atoms with Crippen LogP contribution in [0, 0.1) is 0 Å². The minimum atomic E-state index is -0.829. The number of benzene rings is 2. The number of carbonyl (C=O) groups is 1. The number of rotatable bonds is 5. The van der Waals surface area contributed by atoms with Gasteiger partial charge in [0.25, 0.3) is 5.91 Å². The fourth-order valence-electron chi connectivity index (χ4n) is 2.76. The van der Waals surface area contributed by atoms with Crippen LogP contribution in [0.15, 0.2) is 63.2 Å². The minimum Gasteiger partial charge on any atom is -0.497 e. The van der Waals surface area contributed by atoms with Crippen LogP contribution < -0.4 is 9.75 Å². The van der Waals surface area contributed by atoms with Gasteiger partial charge in [0.15, 0.2) is 6.04 Å². The van der Waals surface area contributed by atoms with Crippen molar-refractivity contribution in [1.82, 2.24) is 4.98 Å². The van der Waals surface area contributed by atoms with E-state index in [0.29, 0.717) is 26.6 Å². The predicted octanol–water partition coefficient (Wildman–Crippen LogP) is 6.00. The molecule has 0 bridgehead atoms. The van der Waals surface area contributed by atoms with Crippen molar-refractivity contribution in [3.63, 3.8) is 0 Å². The van der Waals surface area contributed by atoms with E-state index in [1.165, 1.54) is 16.3 Å². The van der Waals surface area contributed by atoms with E-state index in [-0.39, 0.29) is 5.91 Å². The van der Waals surface area contributed by atoms with E-state index in [0.717, 1.165) is 17.0 Å². The Bertz CT molecular complexity index is 1160. The number of halogens is 2. The molecule has 1 aromatic heterocycles. The predicted molar refractivity (Wildman–Crippen MR) is 119 cm³/mol. The highest BCUT2D eigenvalue weighted by atomic mass is 35.5. The highest BCUT2D eigenvalue weighted by Gasteiger charge is 2.36. The summed E-state index contributed by atoms with van der Waals surface area (Å²) in [5.74, 6) is 0.440. The summed E-state index contributed by atoms with van der Waals surface area (Å²) in [6.45, 7) is 1.73.